The summed E-state index contributed by atoms with van der Waals surface area (Å²) < 4.78 is 6.20. The van der Waals surface area contributed by atoms with E-state index in [4.69, 9.17) is 4.74 Å². The highest BCUT2D eigenvalue weighted by Crippen LogP contribution is 2.25. The van der Waals surface area contributed by atoms with Crippen LogP contribution in [0.2, 0.25) is 0 Å². The zero-order valence-corrected chi connectivity index (χ0v) is 44.8. The van der Waals surface area contributed by atoms with Gasteiger partial charge in [-0.05, 0) is 81.8 Å². The van der Waals surface area contributed by atoms with Gasteiger partial charge in [-0.1, -0.05) is 202 Å². The lowest BCUT2D eigenvalue weighted by Crippen LogP contribution is -2.29. The third-order valence-electron chi connectivity index (χ3n) is 13.8. The highest BCUT2D eigenvalue weighted by atomic mass is 16.5. The molecular formula is C59H110N4O4. The number of allylic oxidation sites excluding steroid dienone is 1. The molecule has 0 bridgehead atoms. The summed E-state index contributed by atoms with van der Waals surface area (Å²) >= 11 is 0. The monoisotopic (exact) mass is 939 g/mol. The van der Waals surface area contributed by atoms with E-state index in [1.807, 2.05) is 0 Å². The fourth-order valence-corrected chi connectivity index (χ4v) is 9.16. The Bertz CT molecular complexity index is 1390. The van der Waals surface area contributed by atoms with Crippen molar-refractivity contribution in [2.75, 3.05) is 19.6 Å². The molecule has 1 aromatic rings. The molecule has 0 saturated carbocycles. The van der Waals surface area contributed by atoms with E-state index in [0.717, 1.165) is 121 Å². The summed E-state index contributed by atoms with van der Waals surface area (Å²) in [4.78, 5) is 44.1. The van der Waals surface area contributed by atoms with E-state index in [-0.39, 0.29) is 20.4 Å². The minimum Gasteiger partial charge on any atom is -0.495 e. The average Bonchev–Trinajstić information content (AvgIpc) is 3.33. The highest BCUT2D eigenvalue weighted by Gasteiger charge is 2.17. The van der Waals surface area contributed by atoms with E-state index in [2.05, 4.69) is 75.6 Å². The molecule has 0 radical (unpaired) electrons. The van der Waals surface area contributed by atoms with Gasteiger partial charge in [0.25, 0.3) is 11.8 Å². The molecule has 3 atom stereocenters. The van der Waals surface area contributed by atoms with Crippen molar-refractivity contribution in [3.05, 3.63) is 48.0 Å². The molecule has 2 amide bonds. The van der Waals surface area contributed by atoms with Gasteiger partial charge in [0.05, 0.1) is 23.3 Å². The number of ketones is 1. The van der Waals surface area contributed by atoms with Crippen LogP contribution in [0.3, 0.4) is 0 Å². The summed E-state index contributed by atoms with van der Waals surface area (Å²) in [6.07, 6.45) is 40.4. The molecule has 0 aliphatic heterocycles. The zero-order chi connectivity index (χ0) is 49.2. The number of aromatic nitrogens is 1. The number of rotatable bonds is 48. The van der Waals surface area contributed by atoms with Gasteiger partial charge in [0.1, 0.15) is 11.5 Å². The zero-order valence-electron chi connectivity index (χ0n) is 44.8. The van der Waals surface area contributed by atoms with Crippen LogP contribution >= 0.6 is 0 Å². The molecule has 0 spiro atoms. The first-order chi connectivity index (χ1) is 32.6. The Morgan fingerprint density at radius 1 is 0.507 bits per heavy atom. The van der Waals surface area contributed by atoms with Gasteiger partial charge in [0.15, 0.2) is 0 Å². The number of hydrogen-bond acceptors (Lipinski definition) is 6. The maximum Gasteiger partial charge on any atom is 0.269 e. The van der Waals surface area contributed by atoms with Gasteiger partial charge in [-0.3, -0.25) is 14.4 Å². The van der Waals surface area contributed by atoms with E-state index in [9.17, 15) is 14.4 Å². The quantitative estimate of drug-likeness (QED) is 0.0444. The SMILES string of the molecule is C=C(CCCCCCCCC(CCCCCCCCC(=O)CC(CC)CCCCC)CCCNC(=O)c1cc(C(=O)NCCCCCC)cc(C(=C)NCCCC)n1)OC(CC)CCCCC.[HH].[HH]. The smallest absolute Gasteiger partial charge is 0.269 e. The van der Waals surface area contributed by atoms with E-state index in [1.54, 1.807) is 12.1 Å². The molecule has 0 aliphatic carbocycles. The number of ether oxygens (including phenoxy) is 1. The van der Waals surface area contributed by atoms with Gasteiger partial charge < -0.3 is 20.7 Å². The molecular weight excluding hydrogens is 829 g/mol. The third-order valence-corrected chi connectivity index (χ3v) is 13.8. The van der Waals surface area contributed by atoms with Crippen LogP contribution in [0.5, 0.6) is 0 Å². The number of Topliss-reactive ketones (excluding diaryl/α,β-unsaturated/α-hetero) is 1. The number of unbranched alkanes of at least 4 members (excludes halogenated alkanes) is 18. The number of nitrogens with zero attached hydrogens (tertiary/aromatic N) is 1. The van der Waals surface area contributed by atoms with Crippen molar-refractivity contribution in [3.8, 4) is 0 Å². The Balaban J connectivity index is 0. The molecule has 8 heteroatoms. The van der Waals surface area contributed by atoms with Crippen molar-refractivity contribution in [1.82, 2.24) is 20.9 Å². The molecule has 3 N–H and O–H groups in total. The topological polar surface area (TPSA) is 109 Å². The summed E-state index contributed by atoms with van der Waals surface area (Å²) in [6, 6.07) is 3.37. The molecule has 1 heterocycles. The molecule has 8 nitrogen and oxygen atoms in total. The first kappa shape index (κ1) is 61.9. The Morgan fingerprint density at radius 3 is 1.61 bits per heavy atom. The second-order valence-electron chi connectivity index (χ2n) is 20.0. The summed E-state index contributed by atoms with van der Waals surface area (Å²) in [5.74, 6) is 2.24. The lowest BCUT2D eigenvalue weighted by Gasteiger charge is -2.19. The summed E-state index contributed by atoms with van der Waals surface area (Å²) in [5, 5.41) is 9.51. The van der Waals surface area contributed by atoms with Crippen LogP contribution in [-0.2, 0) is 9.53 Å². The second-order valence-corrected chi connectivity index (χ2v) is 20.0. The minimum atomic E-state index is -0.247. The molecule has 0 fully saturated rings. The van der Waals surface area contributed by atoms with Crippen molar-refractivity contribution < 1.29 is 22.0 Å². The molecule has 0 aromatic carbocycles. The maximum atomic E-state index is 13.6. The van der Waals surface area contributed by atoms with Crippen LogP contribution in [0.15, 0.2) is 31.0 Å². The van der Waals surface area contributed by atoms with Crippen molar-refractivity contribution in [1.29, 1.82) is 0 Å². The predicted molar refractivity (Wildman–Crippen MR) is 292 cm³/mol. The van der Waals surface area contributed by atoms with Crippen LogP contribution in [0.1, 0.15) is 296 Å². The van der Waals surface area contributed by atoms with Crippen molar-refractivity contribution in [3.63, 3.8) is 0 Å². The van der Waals surface area contributed by atoms with E-state index < -0.39 is 0 Å². The van der Waals surface area contributed by atoms with E-state index in [0.29, 0.717) is 53.8 Å². The number of hydrogen-bond donors (Lipinski definition) is 3. The molecule has 67 heavy (non-hydrogen) atoms. The van der Waals surface area contributed by atoms with E-state index >= 15 is 0 Å². The molecule has 0 saturated heterocycles. The standard InChI is InChI=1S/C59H106N4O4.2H2/c1-9-15-19-34-44-61-58(65)53-47-56(50(8)60-43-18-12-4)63-57(48-53)59(66)62-45-35-40-52(38-31-25-21-20-24-30-36-49(7)67-55(14-6)42-29-17-11-3)39-32-26-22-23-27-33-41-54(64)46-51(13-5)37-28-16-10-2;;/h47-48,51-52,55,60H,7-46H2,1-6H3,(H,61,65)(H,62,66);2*1H. The predicted octanol–water partition coefficient (Wildman–Crippen LogP) is 17.1. The molecule has 390 valence electrons. The molecule has 1 aromatic heterocycles. The fourth-order valence-electron chi connectivity index (χ4n) is 9.16. The van der Waals surface area contributed by atoms with E-state index in [1.165, 1.54) is 116 Å². The van der Waals surface area contributed by atoms with Crippen molar-refractivity contribution in [2.45, 2.75) is 272 Å². The third kappa shape index (κ3) is 33.1. The van der Waals surface area contributed by atoms with Crippen molar-refractivity contribution >= 4 is 23.3 Å². The van der Waals surface area contributed by atoms with Gasteiger partial charge in [-0.2, -0.15) is 0 Å². The largest absolute Gasteiger partial charge is 0.495 e. The van der Waals surface area contributed by atoms with Gasteiger partial charge in [-0.15, -0.1) is 0 Å². The number of carbonyl (C=O) groups excluding carboxylic acids is 3. The van der Waals surface area contributed by atoms with Gasteiger partial charge in [0.2, 0.25) is 0 Å². The van der Waals surface area contributed by atoms with Crippen LogP contribution in [0, 0.1) is 11.8 Å². The number of carbonyl (C=O) groups is 3. The summed E-state index contributed by atoms with van der Waals surface area (Å²) in [7, 11) is 0. The minimum absolute atomic E-state index is 0. The Morgan fingerprint density at radius 2 is 0.985 bits per heavy atom. The van der Waals surface area contributed by atoms with Crippen LogP contribution in [0.4, 0.5) is 0 Å². The number of pyridine rings is 1. The average molecular weight is 940 g/mol. The molecule has 3 unspecified atom stereocenters. The number of amides is 2. The first-order valence-corrected chi connectivity index (χ1v) is 28.5. The fraction of sp³-hybridized carbons (Fsp3) is 0.797. The number of nitrogens with one attached hydrogen (secondary N) is 3. The Labute approximate surface area is 416 Å². The lowest BCUT2D eigenvalue weighted by molar-refractivity contribution is -0.120. The Kier molecular flexibility index (Phi) is 39.6. The molecule has 1 rings (SSSR count). The lowest BCUT2D eigenvalue weighted by atomic mass is 9.90. The van der Waals surface area contributed by atoms with Gasteiger partial charge in [0, 0.05) is 47.3 Å². The Hall–Kier alpha value is -3.16. The van der Waals surface area contributed by atoms with Gasteiger partial charge >= 0.3 is 0 Å². The first-order valence-electron chi connectivity index (χ1n) is 28.5. The normalized spacial score (nSPS) is 12.6. The maximum absolute atomic E-state index is 13.6. The highest BCUT2D eigenvalue weighted by molar-refractivity contribution is 5.99. The van der Waals surface area contributed by atoms with Gasteiger partial charge in [-0.25, -0.2) is 4.98 Å². The van der Waals surface area contributed by atoms with Crippen LogP contribution < -0.4 is 16.0 Å². The molecule has 0 aliphatic rings. The van der Waals surface area contributed by atoms with Crippen LogP contribution in [0.25, 0.3) is 5.70 Å². The second kappa shape index (κ2) is 42.9. The van der Waals surface area contributed by atoms with Crippen LogP contribution in [-0.4, -0.2) is 48.3 Å². The summed E-state index contributed by atoms with van der Waals surface area (Å²) in [5.41, 5.74) is 1.85. The van der Waals surface area contributed by atoms with Crippen molar-refractivity contribution in [2.24, 2.45) is 11.8 Å². The summed E-state index contributed by atoms with van der Waals surface area (Å²) in [6.45, 7) is 23.6.